The molecule has 0 spiro atoms. The van der Waals surface area contributed by atoms with Gasteiger partial charge in [0.15, 0.2) is 0 Å². The lowest BCUT2D eigenvalue weighted by molar-refractivity contribution is -0.140. The summed E-state index contributed by atoms with van der Waals surface area (Å²) in [5.41, 5.74) is 0.226. The fraction of sp³-hybridized carbons (Fsp3) is 0.273. The number of amides is 1. The highest BCUT2D eigenvalue weighted by Gasteiger charge is 2.19. The van der Waals surface area contributed by atoms with Gasteiger partial charge in [-0.15, -0.1) is 0 Å². The van der Waals surface area contributed by atoms with E-state index in [1.54, 1.807) is 6.07 Å². The topological polar surface area (TPSA) is 108 Å². The number of aliphatic carboxylic acids is 2. The van der Waals surface area contributed by atoms with Crippen LogP contribution in [0.15, 0.2) is 24.5 Å². The molecule has 0 aliphatic carbocycles. The molecule has 18 heavy (non-hydrogen) atoms. The summed E-state index contributed by atoms with van der Waals surface area (Å²) in [4.78, 5) is 37.7. The van der Waals surface area contributed by atoms with Gasteiger partial charge in [-0.3, -0.25) is 19.4 Å². The molecule has 0 saturated heterocycles. The van der Waals surface area contributed by atoms with Gasteiger partial charge in [0, 0.05) is 18.9 Å². The van der Waals surface area contributed by atoms with Gasteiger partial charge >= 0.3 is 11.9 Å². The van der Waals surface area contributed by atoms with Crippen molar-refractivity contribution in [3.63, 3.8) is 0 Å². The SMILES string of the molecule is O=C(O)CCN(CC(=O)O)C(=O)c1cccnc1. The molecule has 96 valence electrons. The number of nitrogens with zero attached hydrogens (tertiary/aromatic N) is 2. The van der Waals surface area contributed by atoms with Crippen LogP contribution in [0.4, 0.5) is 0 Å². The number of rotatable bonds is 6. The first kappa shape index (κ1) is 13.6. The van der Waals surface area contributed by atoms with Crippen molar-refractivity contribution < 1.29 is 24.6 Å². The molecule has 0 saturated carbocycles. The molecule has 0 atom stereocenters. The standard InChI is InChI=1S/C11H12N2O5/c14-9(15)3-5-13(7-10(16)17)11(18)8-2-1-4-12-6-8/h1-2,4,6H,3,5,7H2,(H,14,15)(H,16,17). The average molecular weight is 252 g/mol. The van der Waals surface area contributed by atoms with Crippen LogP contribution in [0.2, 0.25) is 0 Å². The summed E-state index contributed by atoms with van der Waals surface area (Å²) in [5, 5.41) is 17.2. The maximum atomic E-state index is 11.9. The molecule has 7 heteroatoms. The van der Waals surface area contributed by atoms with Crippen molar-refractivity contribution >= 4 is 17.8 Å². The number of carbonyl (C=O) groups is 3. The molecule has 7 nitrogen and oxygen atoms in total. The van der Waals surface area contributed by atoms with Crippen molar-refractivity contribution in [2.24, 2.45) is 0 Å². The lowest BCUT2D eigenvalue weighted by atomic mass is 10.2. The van der Waals surface area contributed by atoms with Crippen LogP contribution in [0.25, 0.3) is 0 Å². The Balaban J connectivity index is 2.78. The third kappa shape index (κ3) is 4.20. The van der Waals surface area contributed by atoms with E-state index in [0.29, 0.717) is 0 Å². The number of carboxylic acids is 2. The van der Waals surface area contributed by atoms with E-state index in [0.717, 1.165) is 4.90 Å². The molecule has 0 aliphatic heterocycles. The Kier molecular flexibility index (Phi) is 4.79. The van der Waals surface area contributed by atoms with Crippen LogP contribution < -0.4 is 0 Å². The molecule has 0 aliphatic rings. The van der Waals surface area contributed by atoms with Gasteiger partial charge < -0.3 is 15.1 Å². The molecule has 1 aromatic heterocycles. The monoisotopic (exact) mass is 252 g/mol. The molecule has 1 amide bonds. The number of carboxylic acid groups (broad SMARTS) is 2. The van der Waals surface area contributed by atoms with Gasteiger partial charge in [0.05, 0.1) is 12.0 Å². The van der Waals surface area contributed by atoms with Crippen molar-refractivity contribution in [1.29, 1.82) is 0 Å². The van der Waals surface area contributed by atoms with Crippen LogP contribution in [0.5, 0.6) is 0 Å². The zero-order valence-electron chi connectivity index (χ0n) is 9.44. The van der Waals surface area contributed by atoms with Gasteiger partial charge in [0.1, 0.15) is 6.54 Å². The third-order valence-electron chi connectivity index (χ3n) is 2.12. The zero-order valence-corrected chi connectivity index (χ0v) is 9.44. The number of carbonyl (C=O) groups excluding carboxylic acids is 1. The fourth-order valence-corrected chi connectivity index (χ4v) is 1.32. The minimum absolute atomic E-state index is 0.157. The maximum absolute atomic E-state index is 11.9. The molecule has 0 unspecified atom stereocenters. The lowest BCUT2D eigenvalue weighted by Crippen LogP contribution is -2.37. The van der Waals surface area contributed by atoms with Gasteiger partial charge in [-0.05, 0) is 12.1 Å². The summed E-state index contributed by atoms with van der Waals surface area (Å²) in [6.45, 7) is -0.698. The summed E-state index contributed by atoms with van der Waals surface area (Å²) in [6, 6.07) is 3.04. The zero-order chi connectivity index (χ0) is 13.5. The molecular formula is C11H12N2O5. The van der Waals surface area contributed by atoms with E-state index in [9.17, 15) is 14.4 Å². The molecule has 0 fully saturated rings. The number of hydrogen-bond donors (Lipinski definition) is 2. The summed E-state index contributed by atoms with van der Waals surface area (Å²) in [6.07, 6.45) is 2.48. The normalized spacial score (nSPS) is 9.78. The van der Waals surface area contributed by atoms with E-state index in [4.69, 9.17) is 10.2 Å². The van der Waals surface area contributed by atoms with E-state index in [2.05, 4.69) is 4.98 Å². The Morgan fingerprint density at radius 2 is 1.94 bits per heavy atom. The van der Waals surface area contributed by atoms with E-state index < -0.39 is 24.4 Å². The van der Waals surface area contributed by atoms with Crippen LogP contribution in [0, 0.1) is 0 Å². The number of aromatic nitrogens is 1. The summed E-state index contributed by atoms with van der Waals surface area (Å²) >= 11 is 0. The smallest absolute Gasteiger partial charge is 0.323 e. The van der Waals surface area contributed by atoms with Crippen molar-refractivity contribution in [2.75, 3.05) is 13.1 Å². The minimum atomic E-state index is -1.20. The van der Waals surface area contributed by atoms with Crippen molar-refractivity contribution in [3.05, 3.63) is 30.1 Å². The molecule has 0 bridgehead atoms. The average Bonchev–Trinajstić information content (AvgIpc) is 2.34. The van der Waals surface area contributed by atoms with E-state index in [-0.39, 0.29) is 18.5 Å². The molecule has 2 N–H and O–H groups in total. The number of hydrogen-bond acceptors (Lipinski definition) is 4. The van der Waals surface area contributed by atoms with Crippen molar-refractivity contribution in [3.8, 4) is 0 Å². The van der Waals surface area contributed by atoms with Crippen molar-refractivity contribution in [2.45, 2.75) is 6.42 Å². The minimum Gasteiger partial charge on any atom is -0.481 e. The molecule has 0 radical (unpaired) electrons. The quantitative estimate of drug-likeness (QED) is 0.742. The van der Waals surface area contributed by atoms with Crippen LogP contribution in [0.1, 0.15) is 16.8 Å². The highest BCUT2D eigenvalue weighted by atomic mass is 16.4. The Morgan fingerprint density at radius 1 is 1.22 bits per heavy atom. The van der Waals surface area contributed by atoms with Crippen LogP contribution in [0.3, 0.4) is 0 Å². The predicted molar refractivity (Wildman–Crippen MR) is 60.0 cm³/mol. The second-order valence-corrected chi connectivity index (χ2v) is 3.51. The van der Waals surface area contributed by atoms with Gasteiger partial charge in [-0.1, -0.05) is 0 Å². The van der Waals surface area contributed by atoms with Crippen LogP contribution in [-0.4, -0.2) is 51.0 Å². The summed E-state index contributed by atoms with van der Waals surface area (Å²) in [7, 11) is 0. The molecule has 1 rings (SSSR count). The highest BCUT2D eigenvalue weighted by Crippen LogP contribution is 2.04. The van der Waals surface area contributed by atoms with E-state index in [1.807, 2.05) is 0 Å². The summed E-state index contributed by atoms with van der Waals surface area (Å²) < 4.78 is 0. The Labute approximate surface area is 103 Å². The Bertz CT molecular complexity index is 446. The van der Waals surface area contributed by atoms with Crippen LogP contribution >= 0.6 is 0 Å². The van der Waals surface area contributed by atoms with Gasteiger partial charge in [0.25, 0.3) is 5.91 Å². The van der Waals surface area contributed by atoms with E-state index >= 15 is 0 Å². The third-order valence-corrected chi connectivity index (χ3v) is 2.12. The van der Waals surface area contributed by atoms with Gasteiger partial charge in [-0.25, -0.2) is 0 Å². The van der Waals surface area contributed by atoms with Crippen LogP contribution in [-0.2, 0) is 9.59 Å². The highest BCUT2D eigenvalue weighted by molar-refractivity contribution is 5.95. The predicted octanol–water partition coefficient (Wildman–Crippen LogP) is 0.0831. The van der Waals surface area contributed by atoms with Crippen molar-refractivity contribution in [1.82, 2.24) is 9.88 Å². The molecule has 1 heterocycles. The van der Waals surface area contributed by atoms with Gasteiger partial charge in [-0.2, -0.15) is 0 Å². The molecule has 0 aromatic carbocycles. The first-order valence-corrected chi connectivity index (χ1v) is 5.13. The Hall–Kier alpha value is -2.44. The Morgan fingerprint density at radius 3 is 2.44 bits per heavy atom. The first-order valence-electron chi connectivity index (χ1n) is 5.13. The molecular weight excluding hydrogens is 240 g/mol. The second kappa shape index (κ2) is 6.33. The largest absolute Gasteiger partial charge is 0.481 e. The number of pyridine rings is 1. The van der Waals surface area contributed by atoms with E-state index in [1.165, 1.54) is 18.5 Å². The second-order valence-electron chi connectivity index (χ2n) is 3.51. The molecule has 1 aromatic rings. The summed E-state index contributed by atoms with van der Waals surface area (Å²) in [5.74, 6) is -2.84. The maximum Gasteiger partial charge on any atom is 0.323 e. The lowest BCUT2D eigenvalue weighted by Gasteiger charge is -2.19. The fourth-order valence-electron chi connectivity index (χ4n) is 1.32. The first-order chi connectivity index (χ1) is 8.50. The van der Waals surface area contributed by atoms with Gasteiger partial charge in [0.2, 0.25) is 0 Å².